The fourth-order valence-corrected chi connectivity index (χ4v) is 3.60. The third kappa shape index (κ3) is 1.44. The minimum absolute atomic E-state index is 0.555. The molecule has 1 aliphatic carbocycles. The van der Waals surface area contributed by atoms with E-state index in [1.807, 2.05) is 0 Å². The molecule has 1 heteroatoms. The molecule has 1 nitrogen and oxygen atoms in total. The van der Waals surface area contributed by atoms with Gasteiger partial charge in [-0.3, -0.25) is 0 Å². The quantitative estimate of drug-likeness (QED) is 0.739. The van der Waals surface area contributed by atoms with Gasteiger partial charge in [-0.15, -0.1) is 0 Å². The van der Waals surface area contributed by atoms with Crippen molar-refractivity contribution in [3.8, 4) is 0 Å². The minimum Gasteiger partial charge on any atom is -0.309 e. The molecule has 1 heterocycles. The number of rotatable bonds is 0. The van der Waals surface area contributed by atoms with Crippen LogP contribution in [0.2, 0.25) is 0 Å². The summed E-state index contributed by atoms with van der Waals surface area (Å²) in [5, 5.41) is 3.72. The summed E-state index contributed by atoms with van der Waals surface area (Å²) in [6, 6.07) is 18.5. The highest BCUT2D eigenvalue weighted by atomic mass is 14.9. The van der Waals surface area contributed by atoms with Gasteiger partial charge in [-0.1, -0.05) is 48.5 Å². The molecular formula is C17H17N. The second-order valence-electron chi connectivity index (χ2n) is 5.40. The Kier molecular flexibility index (Phi) is 2.27. The van der Waals surface area contributed by atoms with E-state index in [0.717, 1.165) is 6.54 Å². The number of benzene rings is 2. The molecule has 0 saturated heterocycles. The van der Waals surface area contributed by atoms with Crippen LogP contribution in [0.15, 0.2) is 48.5 Å². The molecule has 4 rings (SSSR count). The van der Waals surface area contributed by atoms with E-state index in [-0.39, 0.29) is 0 Å². The Hall–Kier alpha value is -1.60. The van der Waals surface area contributed by atoms with Crippen molar-refractivity contribution in [3.05, 3.63) is 70.8 Å². The average Bonchev–Trinajstić information content (AvgIpc) is 2.46. The van der Waals surface area contributed by atoms with Gasteiger partial charge in [0.15, 0.2) is 0 Å². The van der Waals surface area contributed by atoms with Crippen LogP contribution in [0.5, 0.6) is 0 Å². The van der Waals surface area contributed by atoms with Gasteiger partial charge in [0.05, 0.1) is 0 Å². The van der Waals surface area contributed by atoms with Gasteiger partial charge in [-0.05, 0) is 35.1 Å². The van der Waals surface area contributed by atoms with Crippen LogP contribution in [0.3, 0.4) is 0 Å². The fraction of sp³-hybridized carbons (Fsp3) is 0.294. The zero-order chi connectivity index (χ0) is 11.9. The lowest BCUT2D eigenvalue weighted by atomic mass is 9.72. The first kappa shape index (κ1) is 10.3. The Morgan fingerprint density at radius 1 is 0.833 bits per heavy atom. The van der Waals surface area contributed by atoms with Crippen molar-refractivity contribution in [1.29, 1.82) is 0 Å². The lowest BCUT2D eigenvalue weighted by Crippen LogP contribution is -2.42. The number of fused-ring (bicyclic) bond motifs is 5. The van der Waals surface area contributed by atoms with E-state index in [1.54, 1.807) is 0 Å². The molecule has 90 valence electrons. The topological polar surface area (TPSA) is 12.0 Å². The van der Waals surface area contributed by atoms with Crippen molar-refractivity contribution in [2.24, 2.45) is 0 Å². The molecule has 0 unspecified atom stereocenters. The highest BCUT2D eigenvalue weighted by molar-refractivity contribution is 5.46. The first-order chi connectivity index (χ1) is 8.93. The van der Waals surface area contributed by atoms with E-state index in [1.165, 1.54) is 35.1 Å². The number of hydrogen-bond donors (Lipinski definition) is 1. The zero-order valence-electron chi connectivity index (χ0n) is 10.4. The van der Waals surface area contributed by atoms with E-state index < -0.39 is 0 Å². The average molecular weight is 235 g/mol. The van der Waals surface area contributed by atoms with Gasteiger partial charge in [-0.25, -0.2) is 0 Å². The summed E-state index contributed by atoms with van der Waals surface area (Å²) in [5.41, 5.74) is 6.08. The fourth-order valence-electron chi connectivity index (χ4n) is 3.60. The molecule has 0 radical (unpaired) electrons. The summed E-state index contributed by atoms with van der Waals surface area (Å²) in [4.78, 5) is 0. The predicted octanol–water partition coefficient (Wildman–Crippen LogP) is 3.24. The molecule has 18 heavy (non-hydrogen) atoms. The van der Waals surface area contributed by atoms with E-state index in [2.05, 4.69) is 53.8 Å². The number of aryl methyl sites for hydroxylation is 1. The molecule has 1 aliphatic heterocycles. The van der Waals surface area contributed by atoms with Crippen LogP contribution in [0, 0.1) is 0 Å². The van der Waals surface area contributed by atoms with Gasteiger partial charge in [0.2, 0.25) is 0 Å². The van der Waals surface area contributed by atoms with Gasteiger partial charge >= 0.3 is 0 Å². The molecular weight excluding hydrogens is 218 g/mol. The van der Waals surface area contributed by atoms with Crippen molar-refractivity contribution < 1.29 is 0 Å². The maximum atomic E-state index is 3.72. The minimum atomic E-state index is 0.555. The van der Waals surface area contributed by atoms with Gasteiger partial charge in [-0.2, -0.15) is 0 Å². The molecule has 0 aromatic heterocycles. The molecule has 0 saturated carbocycles. The Bertz CT molecular complexity index is 536. The molecule has 0 bridgehead atoms. The molecule has 0 spiro atoms. The Balaban J connectivity index is 1.91. The lowest BCUT2D eigenvalue weighted by Gasteiger charge is -2.39. The second kappa shape index (κ2) is 3.96. The van der Waals surface area contributed by atoms with E-state index in [9.17, 15) is 0 Å². The van der Waals surface area contributed by atoms with Crippen LogP contribution < -0.4 is 5.32 Å². The monoisotopic (exact) mass is 235 g/mol. The highest BCUT2D eigenvalue weighted by Gasteiger charge is 2.34. The highest BCUT2D eigenvalue weighted by Crippen LogP contribution is 2.40. The van der Waals surface area contributed by atoms with Crippen molar-refractivity contribution in [1.82, 2.24) is 5.32 Å². The summed E-state index contributed by atoms with van der Waals surface area (Å²) >= 11 is 0. The lowest BCUT2D eigenvalue weighted by molar-refractivity contribution is 0.394. The second-order valence-corrected chi connectivity index (χ2v) is 5.40. The van der Waals surface area contributed by atoms with Crippen LogP contribution in [0.1, 0.15) is 34.6 Å². The van der Waals surface area contributed by atoms with Crippen LogP contribution in [0.25, 0.3) is 0 Å². The molecule has 2 atom stereocenters. The predicted molar refractivity (Wildman–Crippen MR) is 73.7 cm³/mol. The van der Waals surface area contributed by atoms with Gasteiger partial charge in [0, 0.05) is 18.5 Å². The summed E-state index contributed by atoms with van der Waals surface area (Å²) in [5.74, 6) is 0.555. The largest absolute Gasteiger partial charge is 0.309 e. The van der Waals surface area contributed by atoms with E-state index in [0.29, 0.717) is 12.0 Å². The van der Waals surface area contributed by atoms with Crippen LogP contribution in [-0.2, 0) is 13.0 Å². The van der Waals surface area contributed by atoms with Gasteiger partial charge in [0.1, 0.15) is 0 Å². The Morgan fingerprint density at radius 2 is 1.50 bits per heavy atom. The standard InChI is InChI=1S/C17H17N/c1-3-7-14-12(5-1)9-10-16-17(14)15-8-4-2-6-13(15)11-18-16/h1-8,16-18H,9-11H2/t16-,17+/m0/s1. The SMILES string of the molecule is c1ccc2c(c1)CC[C@@H]1NCc3ccccc3[C@@H]21. The molecule has 0 amide bonds. The van der Waals surface area contributed by atoms with E-state index >= 15 is 0 Å². The molecule has 2 aromatic carbocycles. The zero-order valence-corrected chi connectivity index (χ0v) is 10.4. The maximum absolute atomic E-state index is 3.72. The molecule has 2 aliphatic rings. The summed E-state index contributed by atoms with van der Waals surface area (Å²) in [6.07, 6.45) is 2.47. The third-order valence-electron chi connectivity index (χ3n) is 4.46. The van der Waals surface area contributed by atoms with Gasteiger partial charge < -0.3 is 5.32 Å². The van der Waals surface area contributed by atoms with Crippen molar-refractivity contribution in [3.63, 3.8) is 0 Å². The van der Waals surface area contributed by atoms with Crippen molar-refractivity contribution in [2.45, 2.75) is 31.3 Å². The van der Waals surface area contributed by atoms with Gasteiger partial charge in [0.25, 0.3) is 0 Å². The molecule has 0 fully saturated rings. The molecule has 2 aromatic rings. The number of hydrogen-bond acceptors (Lipinski definition) is 1. The first-order valence-corrected chi connectivity index (χ1v) is 6.82. The normalized spacial score (nSPS) is 24.9. The van der Waals surface area contributed by atoms with E-state index in [4.69, 9.17) is 0 Å². The molecule has 1 N–H and O–H groups in total. The Labute approximate surface area is 108 Å². The van der Waals surface area contributed by atoms with Crippen LogP contribution >= 0.6 is 0 Å². The smallest absolute Gasteiger partial charge is 0.0249 e. The summed E-state index contributed by atoms with van der Waals surface area (Å²) < 4.78 is 0. The summed E-state index contributed by atoms with van der Waals surface area (Å²) in [6.45, 7) is 1.03. The van der Waals surface area contributed by atoms with Crippen LogP contribution in [-0.4, -0.2) is 6.04 Å². The summed E-state index contributed by atoms with van der Waals surface area (Å²) in [7, 11) is 0. The van der Waals surface area contributed by atoms with Crippen molar-refractivity contribution >= 4 is 0 Å². The number of nitrogens with one attached hydrogen (secondary N) is 1. The first-order valence-electron chi connectivity index (χ1n) is 6.82. The van der Waals surface area contributed by atoms with Crippen molar-refractivity contribution in [2.75, 3.05) is 0 Å². The maximum Gasteiger partial charge on any atom is 0.0249 e. The Morgan fingerprint density at radius 3 is 2.33 bits per heavy atom. The van der Waals surface area contributed by atoms with Crippen LogP contribution in [0.4, 0.5) is 0 Å². The third-order valence-corrected chi connectivity index (χ3v) is 4.46.